The van der Waals surface area contributed by atoms with Crippen LogP contribution < -0.4 is 10.1 Å². The molecular weight excluding hydrogens is 384 g/mol. The van der Waals surface area contributed by atoms with E-state index in [4.69, 9.17) is 14.0 Å². The third-order valence-electron chi connectivity index (χ3n) is 4.55. The number of nitrogens with zero attached hydrogens (tertiary/aromatic N) is 1. The van der Waals surface area contributed by atoms with Crippen molar-refractivity contribution in [2.24, 2.45) is 0 Å². The number of nitrogens with one attached hydrogen (secondary N) is 1. The van der Waals surface area contributed by atoms with Gasteiger partial charge in [0.2, 0.25) is 0 Å². The van der Waals surface area contributed by atoms with Crippen LogP contribution in [0.15, 0.2) is 59.1 Å². The normalized spacial score (nSPS) is 11.6. The minimum absolute atomic E-state index is 0.0626. The van der Waals surface area contributed by atoms with Crippen molar-refractivity contribution >= 4 is 17.6 Å². The Morgan fingerprint density at radius 1 is 1.07 bits per heavy atom. The first-order valence-electron chi connectivity index (χ1n) is 9.61. The standard InChI is InChI=1S/C23H24N2O5/c1-15-21(16(2)30-25-15)14-28-20-11-9-18(10-12-20)13-22(26)29-17(3)23(27)24-19-7-5-4-6-8-19/h4-12,17H,13-14H2,1-3H3,(H,24,27)/t17-/m0/s1. The fraction of sp³-hybridized carbons (Fsp3) is 0.261. The second-order valence-corrected chi connectivity index (χ2v) is 6.90. The summed E-state index contributed by atoms with van der Waals surface area (Å²) in [6, 6.07) is 16.2. The van der Waals surface area contributed by atoms with Crippen molar-refractivity contribution in [3.05, 3.63) is 77.2 Å². The number of aryl methyl sites for hydroxylation is 2. The summed E-state index contributed by atoms with van der Waals surface area (Å²) < 4.78 is 16.1. The van der Waals surface area contributed by atoms with E-state index in [0.717, 1.165) is 22.6 Å². The zero-order chi connectivity index (χ0) is 21.5. The molecule has 7 nitrogen and oxygen atoms in total. The van der Waals surface area contributed by atoms with E-state index in [-0.39, 0.29) is 12.3 Å². The van der Waals surface area contributed by atoms with Crippen LogP contribution in [0.25, 0.3) is 0 Å². The molecule has 2 aromatic carbocycles. The Balaban J connectivity index is 1.47. The van der Waals surface area contributed by atoms with E-state index in [2.05, 4.69) is 10.5 Å². The van der Waals surface area contributed by atoms with Crippen molar-refractivity contribution in [2.75, 3.05) is 5.32 Å². The summed E-state index contributed by atoms with van der Waals surface area (Å²) in [5.74, 6) is 0.549. The van der Waals surface area contributed by atoms with Crippen LogP contribution in [0, 0.1) is 13.8 Å². The van der Waals surface area contributed by atoms with Crippen LogP contribution in [0.5, 0.6) is 5.75 Å². The molecule has 0 aliphatic rings. The maximum absolute atomic E-state index is 12.2. The lowest BCUT2D eigenvalue weighted by atomic mass is 10.1. The minimum Gasteiger partial charge on any atom is -0.489 e. The van der Waals surface area contributed by atoms with E-state index in [9.17, 15) is 9.59 Å². The summed E-state index contributed by atoms with van der Waals surface area (Å²) in [7, 11) is 0. The number of carbonyl (C=O) groups is 2. The largest absolute Gasteiger partial charge is 0.489 e. The molecule has 0 saturated heterocycles. The Kier molecular flexibility index (Phi) is 6.85. The average molecular weight is 408 g/mol. The molecule has 1 N–H and O–H groups in total. The number of ether oxygens (including phenoxy) is 2. The van der Waals surface area contributed by atoms with Gasteiger partial charge in [-0.2, -0.15) is 0 Å². The molecule has 30 heavy (non-hydrogen) atoms. The molecule has 0 aliphatic carbocycles. The monoisotopic (exact) mass is 408 g/mol. The van der Waals surface area contributed by atoms with Crippen molar-refractivity contribution in [3.8, 4) is 5.75 Å². The summed E-state index contributed by atoms with van der Waals surface area (Å²) >= 11 is 0. The number of hydrogen-bond acceptors (Lipinski definition) is 6. The number of amides is 1. The number of anilines is 1. The summed E-state index contributed by atoms with van der Waals surface area (Å²) in [5, 5.41) is 6.61. The molecule has 3 aromatic rings. The molecule has 1 amide bonds. The number of aromatic nitrogens is 1. The highest BCUT2D eigenvalue weighted by Gasteiger charge is 2.18. The molecule has 1 aromatic heterocycles. The molecule has 0 fully saturated rings. The van der Waals surface area contributed by atoms with Crippen LogP contribution >= 0.6 is 0 Å². The summed E-state index contributed by atoms with van der Waals surface area (Å²) in [6.07, 6.45) is -0.831. The predicted octanol–water partition coefficient (Wildman–Crippen LogP) is 3.98. The topological polar surface area (TPSA) is 90.7 Å². The number of para-hydroxylation sites is 1. The quantitative estimate of drug-likeness (QED) is 0.567. The second-order valence-electron chi connectivity index (χ2n) is 6.90. The average Bonchev–Trinajstić information content (AvgIpc) is 3.05. The number of rotatable bonds is 8. The van der Waals surface area contributed by atoms with Gasteiger partial charge in [0.25, 0.3) is 5.91 Å². The van der Waals surface area contributed by atoms with Crippen LogP contribution in [-0.2, 0) is 27.4 Å². The Hall–Kier alpha value is -3.61. The van der Waals surface area contributed by atoms with Gasteiger partial charge in [-0.3, -0.25) is 9.59 Å². The zero-order valence-corrected chi connectivity index (χ0v) is 17.2. The molecule has 0 spiro atoms. The molecule has 0 aliphatic heterocycles. The van der Waals surface area contributed by atoms with Crippen molar-refractivity contribution in [2.45, 2.75) is 39.9 Å². The fourth-order valence-electron chi connectivity index (χ4n) is 2.79. The van der Waals surface area contributed by atoms with Gasteiger partial charge in [0.05, 0.1) is 17.7 Å². The number of benzene rings is 2. The van der Waals surface area contributed by atoms with Crippen LogP contribution in [0.1, 0.15) is 29.5 Å². The molecule has 156 valence electrons. The molecular formula is C23H24N2O5. The Labute approximate surface area is 175 Å². The second kappa shape index (κ2) is 9.73. The number of esters is 1. The zero-order valence-electron chi connectivity index (χ0n) is 17.2. The van der Waals surface area contributed by atoms with Crippen LogP contribution in [0.3, 0.4) is 0 Å². The van der Waals surface area contributed by atoms with Crippen molar-refractivity contribution in [1.29, 1.82) is 0 Å². The van der Waals surface area contributed by atoms with Gasteiger partial charge in [-0.15, -0.1) is 0 Å². The van der Waals surface area contributed by atoms with Crippen LogP contribution in [-0.4, -0.2) is 23.1 Å². The number of carbonyl (C=O) groups excluding carboxylic acids is 2. The minimum atomic E-state index is -0.893. The first-order chi connectivity index (χ1) is 14.4. The van der Waals surface area contributed by atoms with Gasteiger partial charge in [0, 0.05) is 5.69 Å². The van der Waals surface area contributed by atoms with E-state index >= 15 is 0 Å². The molecule has 1 atom stereocenters. The van der Waals surface area contributed by atoms with E-state index < -0.39 is 12.1 Å². The van der Waals surface area contributed by atoms with Crippen molar-refractivity contribution in [1.82, 2.24) is 5.16 Å². The Bertz CT molecular complexity index is 977. The smallest absolute Gasteiger partial charge is 0.311 e. The van der Waals surface area contributed by atoms with Gasteiger partial charge in [0.1, 0.15) is 18.1 Å². The third kappa shape index (κ3) is 5.70. The highest BCUT2D eigenvalue weighted by molar-refractivity contribution is 5.95. The Morgan fingerprint density at radius 3 is 2.40 bits per heavy atom. The maximum Gasteiger partial charge on any atom is 0.311 e. The summed E-state index contributed by atoms with van der Waals surface area (Å²) in [4.78, 5) is 24.3. The molecule has 3 rings (SSSR count). The lowest BCUT2D eigenvalue weighted by Gasteiger charge is -2.13. The van der Waals surface area contributed by atoms with Crippen molar-refractivity contribution < 1.29 is 23.6 Å². The van der Waals surface area contributed by atoms with Gasteiger partial charge in [-0.05, 0) is 50.6 Å². The maximum atomic E-state index is 12.2. The predicted molar refractivity (Wildman–Crippen MR) is 111 cm³/mol. The van der Waals surface area contributed by atoms with Gasteiger partial charge in [0.15, 0.2) is 6.10 Å². The molecule has 0 radical (unpaired) electrons. The van der Waals surface area contributed by atoms with Crippen molar-refractivity contribution in [3.63, 3.8) is 0 Å². The van der Waals surface area contributed by atoms with Crippen LogP contribution in [0.4, 0.5) is 5.69 Å². The molecule has 0 unspecified atom stereocenters. The molecule has 0 saturated carbocycles. The summed E-state index contributed by atoms with van der Waals surface area (Å²) in [5.41, 5.74) is 3.14. The van der Waals surface area contributed by atoms with Crippen LogP contribution in [0.2, 0.25) is 0 Å². The first kappa shape index (κ1) is 21.1. The fourth-order valence-corrected chi connectivity index (χ4v) is 2.79. The molecule has 0 bridgehead atoms. The van der Waals surface area contributed by atoms with Gasteiger partial charge in [-0.1, -0.05) is 35.5 Å². The first-order valence-corrected chi connectivity index (χ1v) is 9.61. The number of hydrogen-bond donors (Lipinski definition) is 1. The summed E-state index contributed by atoms with van der Waals surface area (Å²) in [6.45, 7) is 5.61. The molecule has 7 heteroatoms. The highest BCUT2D eigenvalue weighted by atomic mass is 16.5. The Morgan fingerprint density at radius 2 is 1.77 bits per heavy atom. The van der Waals surface area contributed by atoms with E-state index in [0.29, 0.717) is 18.0 Å². The van der Waals surface area contributed by atoms with Gasteiger partial charge in [-0.25, -0.2) is 0 Å². The lowest BCUT2D eigenvalue weighted by Crippen LogP contribution is -2.30. The van der Waals surface area contributed by atoms with E-state index in [1.165, 1.54) is 0 Å². The SMILES string of the molecule is Cc1noc(C)c1COc1ccc(CC(=O)O[C@@H](C)C(=O)Nc2ccccc2)cc1. The third-order valence-corrected chi connectivity index (χ3v) is 4.55. The van der Waals surface area contributed by atoms with Gasteiger partial charge < -0.3 is 19.3 Å². The lowest BCUT2D eigenvalue weighted by molar-refractivity contribution is -0.152. The van der Waals surface area contributed by atoms with E-state index in [1.807, 2.05) is 32.0 Å². The molecule has 1 heterocycles. The highest BCUT2D eigenvalue weighted by Crippen LogP contribution is 2.18. The van der Waals surface area contributed by atoms with E-state index in [1.54, 1.807) is 43.3 Å². The van der Waals surface area contributed by atoms with Gasteiger partial charge >= 0.3 is 5.97 Å².